The van der Waals surface area contributed by atoms with Gasteiger partial charge in [-0.25, -0.2) is 4.98 Å². The van der Waals surface area contributed by atoms with Crippen LogP contribution in [0.2, 0.25) is 0 Å². The van der Waals surface area contributed by atoms with E-state index in [1.165, 1.54) is 5.56 Å². The zero-order chi connectivity index (χ0) is 11.5. The van der Waals surface area contributed by atoms with Gasteiger partial charge in [0.15, 0.2) is 0 Å². The average Bonchev–Trinajstić information content (AvgIpc) is 2.68. The maximum atomic E-state index is 6.08. The molecule has 1 atom stereocenters. The van der Waals surface area contributed by atoms with E-state index in [-0.39, 0.29) is 6.04 Å². The molecule has 4 heteroatoms. The molecule has 1 unspecified atom stereocenters. The van der Waals surface area contributed by atoms with Gasteiger partial charge in [0.2, 0.25) is 0 Å². The second-order valence-electron chi connectivity index (χ2n) is 3.93. The quantitative estimate of drug-likeness (QED) is 0.885. The zero-order valence-corrected chi connectivity index (χ0v) is 10.3. The van der Waals surface area contributed by atoms with Crippen molar-refractivity contribution in [1.29, 1.82) is 0 Å². The molecule has 3 nitrogen and oxygen atoms in total. The van der Waals surface area contributed by atoms with Crippen molar-refractivity contribution in [3.63, 3.8) is 0 Å². The molecule has 0 aliphatic carbocycles. The predicted molar refractivity (Wildman–Crippen MR) is 66.5 cm³/mol. The second-order valence-corrected chi connectivity index (χ2v) is 4.99. The van der Waals surface area contributed by atoms with Gasteiger partial charge in [0.05, 0.1) is 16.7 Å². The van der Waals surface area contributed by atoms with Crippen molar-refractivity contribution >= 4 is 11.3 Å². The van der Waals surface area contributed by atoms with Crippen molar-refractivity contribution in [2.75, 3.05) is 0 Å². The summed E-state index contributed by atoms with van der Waals surface area (Å²) in [5.74, 6) is 0. The average molecular weight is 233 g/mol. The smallest absolute Gasteiger partial charge is 0.0898 e. The Morgan fingerprint density at radius 3 is 2.75 bits per heavy atom. The van der Waals surface area contributed by atoms with Crippen molar-refractivity contribution in [2.45, 2.75) is 26.3 Å². The Hall–Kier alpha value is -1.26. The third kappa shape index (κ3) is 2.65. The maximum Gasteiger partial charge on any atom is 0.0898 e. The fraction of sp³-hybridized carbons (Fsp3) is 0.333. The molecular weight excluding hydrogens is 218 g/mol. The summed E-state index contributed by atoms with van der Waals surface area (Å²) in [5, 5.41) is 3.08. The third-order valence-corrected chi connectivity index (χ3v) is 3.21. The van der Waals surface area contributed by atoms with E-state index < -0.39 is 0 Å². The van der Waals surface area contributed by atoms with Gasteiger partial charge < -0.3 is 5.73 Å². The number of thiazole rings is 1. The van der Waals surface area contributed by atoms with Gasteiger partial charge in [0.25, 0.3) is 0 Å². The lowest BCUT2D eigenvalue weighted by atomic mass is 10.1. The van der Waals surface area contributed by atoms with Crippen LogP contribution in [-0.4, -0.2) is 9.97 Å². The number of nitrogens with zero attached hydrogens (tertiary/aromatic N) is 2. The molecule has 84 valence electrons. The number of pyridine rings is 1. The van der Waals surface area contributed by atoms with E-state index in [2.05, 4.69) is 16.0 Å². The molecule has 2 rings (SSSR count). The van der Waals surface area contributed by atoms with Gasteiger partial charge in [0, 0.05) is 23.7 Å². The standard InChI is InChI=1S/C12H15N3S/c1-8-3-4-10(14-6-8)5-11(13)12-7-16-9(2)15-12/h3-4,6-7,11H,5,13H2,1-2H3. The first-order valence-corrected chi connectivity index (χ1v) is 6.12. The van der Waals surface area contributed by atoms with Crippen LogP contribution in [0, 0.1) is 13.8 Å². The predicted octanol–water partition coefficient (Wildman–Crippen LogP) is 2.40. The van der Waals surface area contributed by atoms with Gasteiger partial charge in [-0.3, -0.25) is 4.98 Å². The van der Waals surface area contributed by atoms with E-state index in [1.807, 2.05) is 31.5 Å². The van der Waals surface area contributed by atoms with Crippen LogP contribution in [0.25, 0.3) is 0 Å². The van der Waals surface area contributed by atoms with Gasteiger partial charge >= 0.3 is 0 Å². The molecule has 0 amide bonds. The molecule has 0 aliphatic heterocycles. The molecule has 2 aromatic rings. The number of rotatable bonds is 3. The Kier molecular flexibility index (Phi) is 3.31. The summed E-state index contributed by atoms with van der Waals surface area (Å²) in [4.78, 5) is 8.74. The van der Waals surface area contributed by atoms with Crippen LogP contribution in [0.4, 0.5) is 0 Å². The largest absolute Gasteiger partial charge is 0.322 e. The molecule has 0 saturated heterocycles. The Balaban J connectivity index is 2.07. The zero-order valence-electron chi connectivity index (χ0n) is 9.47. The number of aryl methyl sites for hydroxylation is 2. The number of aromatic nitrogens is 2. The minimum atomic E-state index is -0.0554. The van der Waals surface area contributed by atoms with Gasteiger partial charge in [-0.15, -0.1) is 11.3 Å². The van der Waals surface area contributed by atoms with Gasteiger partial charge in [-0.1, -0.05) is 6.07 Å². The summed E-state index contributed by atoms with van der Waals surface area (Å²) in [6.07, 6.45) is 2.61. The molecule has 0 bridgehead atoms. The van der Waals surface area contributed by atoms with Crippen molar-refractivity contribution in [1.82, 2.24) is 9.97 Å². The van der Waals surface area contributed by atoms with Crippen LogP contribution >= 0.6 is 11.3 Å². The summed E-state index contributed by atoms with van der Waals surface area (Å²) < 4.78 is 0. The lowest BCUT2D eigenvalue weighted by Gasteiger charge is -2.08. The van der Waals surface area contributed by atoms with Crippen LogP contribution < -0.4 is 5.73 Å². The van der Waals surface area contributed by atoms with Crippen LogP contribution in [-0.2, 0) is 6.42 Å². The summed E-state index contributed by atoms with van der Waals surface area (Å²) in [7, 11) is 0. The molecule has 2 aromatic heterocycles. The fourth-order valence-corrected chi connectivity index (χ4v) is 2.18. The summed E-state index contributed by atoms with van der Waals surface area (Å²) in [6.45, 7) is 4.02. The molecule has 0 saturated carbocycles. The third-order valence-electron chi connectivity index (χ3n) is 2.42. The maximum absolute atomic E-state index is 6.08. The van der Waals surface area contributed by atoms with Crippen LogP contribution in [0.1, 0.15) is 28.0 Å². The topological polar surface area (TPSA) is 51.8 Å². The highest BCUT2D eigenvalue weighted by molar-refractivity contribution is 7.09. The molecule has 0 aromatic carbocycles. The van der Waals surface area contributed by atoms with E-state index >= 15 is 0 Å². The number of hydrogen-bond acceptors (Lipinski definition) is 4. The van der Waals surface area contributed by atoms with Crippen LogP contribution in [0.15, 0.2) is 23.7 Å². The fourth-order valence-electron chi connectivity index (χ4n) is 1.50. The SMILES string of the molecule is Cc1ccc(CC(N)c2csc(C)n2)nc1. The van der Waals surface area contributed by atoms with E-state index in [9.17, 15) is 0 Å². The normalized spacial score (nSPS) is 12.7. The molecule has 0 radical (unpaired) electrons. The van der Waals surface area contributed by atoms with Gasteiger partial charge in [-0.2, -0.15) is 0 Å². The highest BCUT2D eigenvalue weighted by Crippen LogP contribution is 2.17. The highest BCUT2D eigenvalue weighted by Gasteiger charge is 2.10. The second kappa shape index (κ2) is 4.72. The Morgan fingerprint density at radius 1 is 1.38 bits per heavy atom. The number of hydrogen-bond donors (Lipinski definition) is 1. The summed E-state index contributed by atoms with van der Waals surface area (Å²) in [6, 6.07) is 4.02. The first kappa shape index (κ1) is 11.2. The molecule has 0 fully saturated rings. The molecule has 16 heavy (non-hydrogen) atoms. The summed E-state index contributed by atoms with van der Waals surface area (Å²) in [5.41, 5.74) is 9.23. The first-order chi connectivity index (χ1) is 7.65. The van der Waals surface area contributed by atoms with E-state index in [0.29, 0.717) is 0 Å². The Labute approximate surface area is 99.4 Å². The van der Waals surface area contributed by atoms with Gasteiger partial charge in [0.1, 0.15) is 0 Å². The molecule has 0 spiro atoms. The van der Waals surface area contributed by atoms with Crippen molar-refractivity contribution in [2.24, 2.45) is 5.73 Å². The van der Waals surface area contributed by atoms with E-state index in [0.717, 1.165) is 22.8 Å². The van der Waals surface area contributed by atoms with Crippen molar-refractivity contribution < 1.29 is 0 Å². The van der Waals surface area contributed by atoms with Crippen LogP contribution in [0.3, 0.4) is 0 Å². The first-order valence-electron chi connectivity index (χ1n) is 5.24. The van der Waals surface area contributed by atoms with Crippen molar-refractivity contribution in [3.8, 4) is 0 Å². The lowest BCUT2D eigenvalue weighted by molar-refractivity contribution is 0.686. The van der Waals surface area contributed by atoms with Crippen LogP contribution in [0.5, 0.6) is 0 Å². The minimum absolute atomic E-state index is 0.0554. The molecule has 2 N–H and O–H groups in total. The van der Waals surface area contributed by atoms with E-state index in [4.69, 9.17) is 5.73 Å². The number of nitrogens with two attached hydrogens (primary N) is 1. The van der Waals surface area contributed by atoms with Gasteiger partial charge in [-0.05, 0) is 25.5 Å². The summed E-state index contributed by atoms with van der Waals surface area (Å²) >= 11 is 1.63. The highest BCUT2D eigenvalue weighted by atomic mass is 32.1. The molecule has 2 heterocycles. The van der Waals surface area contributed by atoms with E-state index in [1.54, 1.807) is 11.3 Å². The lowest BCUT2D eigenvalue weighted by Crippen LogP contribution is -2.14. The monoisotopic (exact) mass is 233 g/mol. The Morgan fingerprint density at radius 2 is 2.19 bits per heavy atom. The molecule has 0 aliphatic rings. The Bertz CT molecular complexity index is 461. The minimum Gasteiger partial charge on any atom is -0.322 e. The molecular formula is C12H15N3S. The van der Waals surface area contributed by atoms with Crippen molar-refractivity contribution in [3.05, 3.63) is 45.7 Å².